The van der Waals surface area contributed by atoms with E-state index in [4.69, 9.17) is 5.14 Å². The van der Waals surface area contributed by atoms with Crippen LogP contribution < -0.4 is 10.0 Å². The topological polar surface area (TPSA) is 32.5 Å². The lowest BCUT2D eigenvalue weighted by atomic mass is 10.2. The predicted molar refractivity (Wildman–Crippen MR) is 66.1 cm³/mol. The predicted octanol–water partition coefficient (Wildman–Crippen LogP) is 1.68. The van der Waals surface area contributed by atoms with Crippen LogP contribution in [0.5, 0.6) is 0 Å². The van der Waals surface area contributed by atoms with Crippen LogP contribution in [0.2, 0.25) is 0 Å². The fourth-order valence-corrected chi connectivity index (χ4v) is 2.49. The highest BCUT2D eigenvalue weighted by molar-refractivity contribution is 7.97. The molecular formula is C11H15F2N3S. The second-order valence-corrected chi connectivity index (χ2v) is 4.82. The molecule has 0 spiro atoms. The van der Waals surface area contributed by atoms with Gasteiger partial charge in [0, 0.05) is 32.2 Å². The molecule has 1 aliphatic rings. The smallest absolute Gasteiger partial charge is 0.150 e. The van der Waals surface area contributed by atoms with Crippen LogP contribution in [0.3, 0.4) is 0 Å². The summed E-state index contributed by atoms with van der Waals surface area (Å²) in [6.45, 7) is 3.19. The Morgan fingerprint density at radius 1 is 1.18 bits per heavy atom. The highest BCUT2D eigenvalue weighted by Crippen LogP contribution is 2.31. The average molecular weight is 259 g/mol. The van der Waals surface area contributed by atoms with Gasteiger partial charge in [-0.15, -0.1) is 0 Å². The first kappa shape index (κ1) is 12.6. The van der Waals surface area contributed by atoms with Crippen molar-refractivity contribution in [2.45, 2.75) is 4.90 Å². The van der Waals surface area contributed by atoms with E-state index in [0.717, 1.165) is 44.2 Å². The summed E-state index contributed by atoms with van der Waals surface area (Å²) in [6, 6.07) is 2.19. The summed E-state index contributed by atoms with van der Waals surface area (Å²) in [5.74, 6) is -1.13. The van der Waals surface area contributed by atoms with Gasteiger partial charge in [0.1, 0.15) is 5.82 Å². The van der Waals surface area contributed by atoms with Crippen molar-refractivity contribution in [1.82, 2.24) is 4.90 Å². The lowest BCUT2D eigenvalue weighted by Crippen LogP contribution is -2.45. The van der Waals surface area contributed by atoms with Gasteiger partial charge in [0.05, 0.1) is 10.6 Å². The molecule has 0 atom stereocenters. The molecule has 94 valence electrons. The maximum Gasteiger partial charge on any atom is 0.150 e. The maximum absolute atomic E-state index is 13.8. The van der Waals surface area contributed by atoms with Gasteiger partial charge in [-0.25, -0.2) is 8.78 Å². The molecule has 6 heteroatoms. The minimum Gasteiger partial charge on any atom is -0.366 e. The third-order valence-corrected chi connectivity index (χ3v) is 3.50. The van der Waals surface area contributed by atoms with Gasteiger partial charge in [0.15, 0.2) is 5.82 Å². The van der Waals surface area contributed by atoms with Crippen LogP contribution in [0.25, 0.3) is 0 Å². The van der Waals surface area contributed by atoms with Crippen molar-refractivity contribution in [3.8, 4) is 0 Å². The van der Waals surface area contributed by atoms with E-state index >= 15 is 0 Å². The van der Waals surface area contributed by atoms with Crippen molar-refractivity contribution >= 4 is 17.6 Å². The van der Waals surface area contributed by atoms with Crippen molar-refractivity contribution < 1.29 is 8.78 Å². The monoisotopic (exact) mass is 259 g/mol. The van der Waals surface area contributed by atoms with E-state index in [-0.39, 0.29) is 0 Å². The van der Waals surface area contributed by atoms with Crippen LogP contribution in [0, 0.1) is 11.6 Å². The number of halogens is 2. The van der Waals surface area contributed by atoms with Crippen molar-refractivity contribution in [3.63, 3.8) is 0 Å². The normalized spacial score (nSPS) is 17.5. The molecule has 0 bridgehead atoms. The van der Waals surface area contributed by atoms with Gasteiger partial charge in [-0.1, -0.05) is 0 Å². The fourth-order valence-electron chi connectivity index (χ4n) is 1.97. The van der Waals surface area contributed by atoms with Gasteiger partial charge in [0.25, 0.3) is 0 Å². The maximum atomic E-state index is 13.8. The summed E-state index contributed by atoms with van der Waals surface area (Å²) in [5.41, 5.74) is 0.423. The van der Waals surface area contributed by atoms with Crippen LogP contribution in [0.4, 0.5) is 14.5 Å². The van der Waals surface area contributed by atoms with E-state index in [1.54, 1.807) is 0 Å². The van der Waals surface area contributed by atoms with Gasteiger partial charge in [-0.05, 0) is 25.1 Å². The molecule has 17 heavy (non-hydrogen) atoms. The molecule has 3 nitrogen and oxygen atoms in total. The number of anilines is 1. The number of hydrogen-bond donors (Lipinski definition) is 1. The average Bonchev–Trinajstić information content (AvgIpc) is 2.30. The van der Waals surface area contributed by atoms with E-state index in [9.17, 15) is 8.78 Å². The molecule has 0 amide bonds. The molecule has 1 aliphatic heterocycles. The van der Waals surface area contributed by atoms with Gasteiger partial charge in [-0.2, -0.15) is 0 Å². The van der Waals surface area contributed by atoms with Gasteiger partial charge < -0.3 is 9.80 Å². The third kappa shape index (κ3) is 2.70. The van der Waals surface area contributed by atoms with Gasteiger partial charge in [0.2, 0.25) is 0 Å². The molecule has 2 N–H and O–H groups in total. The summed E-state index contributed by atoms with van der Waals surface area (Å²) in [5, 5.41) is 5.47. The van der Waals surface area contributed by atoms with E-state index in [1.807, 2.05) is 11.9 Å². The van der Waals surface area contributed by atoms with E-state index in [1.165, 1.54) is 6.07 Å². The van der Waals surface area contributed by atoms with Crippen LogP contribution in [0.1, 0.15) is 0 Å². The summed E-state index contributed by atoms with van der Waals surface area (Å²) >= 11 is 0.883. The highest BCUT2D eigenvalue weighted by Gasteiger charge is 2.21. The largest absolute Gasteiger partial charge is 0.366 e. The molecule has 0 aromatic heterocycles. The Kier molecular flexibility index (Phi) is 3.86. The van der Waals surface area contributed by atoms with Crippen molar-refractivity contribution in [2.75, 3.05) is 38.1 Å². The zero-order chi connectivity index (χ0) is 12.4. The Balaban J connectivity index is 2.31. The number of rotatable bonds is 2. The minimum absolute atomic E-state index is 0.423. The zero-order valence-corrected chi connectivity index (χ0v) is 10.4. The lowest BCUT2D eigenvalue weighted by molar-refractivity contribution is 0.311. The third-order valence-electron chi connectivity index (χ3n) is 2.94. The molecule has 0 aliphatic carbocycles. The van der Waals surface area contributed by atoms with Crippen LogP contribution in [-0.2, 0) is 0 Å². The summed E-state index contributed by atoms with van der Waals surface area (Å²) in [6.07, 6.45) is 0. The van der Waals surface area contributed by atoms with E-state index in [2.05, 4.69) is 4.90 Å². The Labute approximate surface area is 104 Å². The van der Waals surface area contributed by atoms with Crippen LogP contribution in [-0.4, -0.2) is 38.1 Å². The lowest BCUT2D eigenvalue weighted by Gasteiger charge is -2.35. The highest BCUT2D eigenvalue weighted by atomic mass is 32.2. The summed E-state index contributed by atoms with van der Waals surface area (Å²) < 4.78 is 26.9. The Bertz CT molecular complexity index is 406. The van der Waals surface area contributed by atoms with Crippen molar-refractivity contribution in [2.24, 2.45) is 5.14 Å². The van der Waals surface area contributed by atoms with Crippen molar-refractivity contribution in [3.05, 3.63) is 23.8 Å². The molecule has 0 radical (unpaired) electrons. The number of nitrogens with zero attached hydrogens (tertiary/aromatic N) is 2. The number of benzene rings is 1. The quantitative estimate of drug-likeness (QED) is 0.819. The molecule has 1 aromatic carbocycles. The number of hydrogen-bond acceptors (Lipinski definition) is 4. The number of likely N-dealkylation sites (N-methyl/N-ethyl adjacent to an activating group) is 1. The van der Waals surface area contributed by atoms with Gasteiger partial charge in [-0.3, -0.25) is 5.14 Å². The molecule has 1 heterocycles. The first-order chi connectivity index (χ1) is 8.11. The fraction of sp³-hybridized carbons (Fsp3) is 0.455. The molecule has 2 rings (SSSR count). The Hall–Kier alpha value is -0.850. The molecular weight excluding hydrogens is 244 g/mol. The standard InChI is InChI=1S/C11H15F2N3S/c1-15-2-4-16(5-3-15)11-9(13)6-8(12)7-10(11)17-14/h6-7H,2-5,14H2,1H3. The molecule has 0 unspecified atom stereocenters. The second-order valence-electron chi connectivity index (χ2n) is 4.14. The molecule has 1 aromatic rings. The van der Waals surface area contributed by atoms with Crippen molar-refractivity contribution in [1.29, 1.82) is 0 Å². The zero-order valence-electron chi connectivity index (χ0n) is 9.62. The summed E-state index contributed by atoms with van der Waals surface area (Å²) in [7, 11) is 2.02. The number of nitrogens with two attached hydrogens (primary N) is 1. The Morgan fingerprint density at radius 3 is 2.41 bits per heavy atom. The van der Waals surface area contributed by atoms with Crippen LogP contribution >= 0.6 is 11.9 Å². The Morgan fingerprint density at radius 2 is 1.82 bits per heavy atom. The first-order valence-corrected chi connectivity index (χ1v) is 6.29. The SMILES string of the molecule is CN1CCN(c2c(F)cc(F)cc2SN)CC1. The molecule has 1 fully saturated rings. The van der Waals surface area contributed by atoms with Gasteiger partial charge >= 0.3 is 0 Å². The molecule has 0 saturated carbocycles. The molecule has 1 saturated heterocycles. The number of piperazine rings is 1. The summed E-state index contributed by atoms with van der Waals surface area (Å²) in [4.78, 5) is 4.55. The first-order valence-electron chi connectivity index (χ1n) is 5.41. The second kappa shape index (κ2) is 5.20. The van der Waals surface area contributed by atoms with Crippen LogP contribution in [0.15, 0.2) is 17.0 Å². The van der Waals surface area contributed by atoms with E-state index < -0.39 is 11.6 Å². The minimum atomic E-state index is -0.590. The van der Waals surface area contributed by atoms with E-state index in [0.29, 0.717) is 10.6 Å².